The standard InChI is InChI=1S/C18H19N3S/c1-14-19-20-18(22-14)13-21(2)12-15-8-10-17(11-9-15)16-6-4-3-5-7-16/h3-11H,12-13H2,1-2H3. The molecule has 3 rings (SSSR count). The molecule has 0 radical (unpaired) electrons. The molecule has 1 heterocycles. The number of hydrogen-bond donors (Lipinski definition) is 0. The minimum absolute atomic E-state index is 0.839. The maximum atomic E-state index is 4.18. The predicted octanol–water partition coefficient (Wildman–Crippen LogP) is 4.15. The first-order chi connectivity index (χ1) is 10.7. The van der Waals surface area contributed by atoms with Gasteiger partial charge in [0.05, 0.1) is 6.54 Å². The van der Waals surface area contributed by atoms with E-state index in [0.29, 0.717) is 0 Å². The molecule has 4 heteroatoms. The van der Waals surface area contributed by atoms with Gasteiger partial charge >= 0.3 is 0 Å². The fourth-order valence-corrected chi connectivity index (χ4v) is 3.22. The first-order valence-corrected chi connectivity index (χ1v) is 8.14. The Kier molecular flexibility index (Phi) is 4.61. The summed E-state index contributed by atoms with van der Waals surface area (Å²) in [5.41, 5.74) is 3.82. The quantitative estimate of drug-likeness (QED) is 0.709. The van der Waals surface area contributed by atoms with Crippen LogP contribution in [0.25, 0.3) is 11.1 Å². The summed E-state index contributed by atoms with van der Waals surface area (Å²) < 4.78 is 0. The first-order valence-electron chi connectivity index (χ1n) is 7.32. The van der Waals surface area contributed by atoms with Gasteiger partial charge in [0.1, 0.15) is 10.0 Å². The molecule has 2 aromatic carbocycles. The van der Waals surface area contributed by atoms with E-state index in [2.05, 4.69) is 70.7 Å². The lowest BCUT2D eigenvalue weighted by atomic mass is 10.0. The van der Waals surface area contributed by atoms with Crippen LogP contribution in [-0.2, 0) is 13.1 Å². The summed E-state index contributed by atoms with van der Waals surface area (Å²) in [6.07, 6.45) is 0. The first kappa shape index (κ1) is 14.9. The SMILES string of the molecule is Cc1nnc(CN(C)Cc2ccc(-c3ccccc3)cc2)s1. The van der Waals surface area contributed by atoms with Crippen molar-refractivity contribution in [2.75, 3.05) is 7.05 Å². The number of benzene rings is 2. The lowest BCUT2D eigenvalue weighted by Crippen LogP contribution is -2.17. The number of aromatic nitrogens is 2. The smallest absolute Gasteiger partial charge is 0.131 e. The second kappa shape index (κ2) is 6.81. The fourth-order valence-electron chi connectivity index (χ4n) is 2.43. The molecule has 112 valence electrons. The van der Waals surface area contributed by atoms with Crippen LogP contribution in [0.15, 0.2) is 54.6 Å². The van der Waals surface area contributed by atoms with Crippen molar-refractivity contribution in [3.63, 3.8) is 0 Å². The summed E-state index contributed by atoms with van der Waals surface area (Å²) in [6, 6.07) is 19.2. The highest BCUT2D eigenvalue weighted by Crippen LogP contribution is 2.20. The Morgan fingerprint density at radius 1 is 0.864 bits per heavy atom. The summed E-state index contributed by atoms with van der Waals surface area (Å²) in [7, 11) is 2.11. The molecule has 0 aliphatic rings. The van der Waals surface area contributed by atoms with Crippen LogP contribution in [0.5, 0.6) is 0 Å². The van der Waals surface area contributed by atoms with Crippen molar-refractivity contribution in [1.82, 2.24) is 15.1 Å². The molecule has 0 amide bonds. The van der Waals surface area contributed by atoms with Gasteiger partial charge in [-0.3, -0.25) is 4.90 Å². The monoisotopic (exact) mass is 309 g/mol. The van der Waals surface area contributed by atoms with E-state index in [1.54, 1.807) is 11.3 Å². The number of rotatable bonds is 5. The number of hydrogen-bond acceptors (Lipinski definition) is 4. The molecule has 0 bridgehead atoms. The zero-order valence-corrected chi connectivity index (χ0v) is 13.7. The van der Waals surface area contributed by atoms with Crippen molar-refractivity contribution in [2.45, 2.75) is 20.0 Å². The summed E-state index contributed by atoms with van der Waals surface area (Å²) in [5, 5.41) is 10.3. The molecule has 0 unspecified atom stereocenters. The minimum atomic E-state index is 0.839. The van der Waals surface area contributed by atoms with Crippen LogP contribution in [-0.4, -0.2) is 22.1 Å². The van der Waals surface area contributed by atoms with E-state index in [9.17, 15) is 0 Å². The molecule has 0 saturated heterocycles. The number of nitrogens with zero attached hydrogens (tertiary/aromatic N) is 3. The van der Waals surface area contributed by atoms with E-state index >= 15 is 0 Å². The Balaban J connectivity index is 1.63. The van der Waals surface area contributed by atoms with Gasteiger partial charge in [-0.05, 0) is 30.7 Å². The largest absolute Gasteiger partial charge is 0.295 e. The summed E-state index contributed by atoms with van der Waals surface area (Å²) in [4.78, 5) is 2.26. The van der Waals surface area contributed by atoms with Gasteiger partial charge in [-0.2, -0.15) is 0 Å². The molecule has 3 nitrogen and oxygen atoms in total. The molecule has 22 heavy (non-hydrogen) atoms. The Bertz CT molecular complexity index is 720. The molecule has 3 aromatic rings. The van der Waals surface area contributed by atoms with Crippen molar-refractivity contribution >= 4 is 11.3 Å². The van der Waals surface area contributed by atoms with Crippen LogP contribution in [0, 0.1) is 6.92 Å². The lowest BCUT2D eigenvalue weighted by molar-refractivity contribution is 0.317. The van der Waals surface area contributed by atoms with E-state index in [1.807, 2.05) is 13.0 Å². The molecule has 0 atom stereocenters. The molecule has 0 spiro atoms. The molecule has 0 aliphatic heterocycles. The van der Waals surface area contributed by atoms with Crippen LogP contribution in [0.4, 0.5) is 0 Å². The highest BCUT2D eigenvalue weighted by Gasteiger charge is 2.06. The van der Waals surface area contributed by atoms with Crippen molar-refractivity contribution < 1.29 is 0 Å². The Morgan fingerprint density at radius 2 is 1.55 bits per heavy atom. The Morgan fingerprint density at radius 3 is 2.18 bits per heavy atom. The average Bonchev–Trinajstić information content (AvgIpc) is 2.94. The van der Waals surface area contributed by atoms with Crippen LogP contribution in [0.3, 0.4) is 0 Å². The van der Waals surface area contributed by atoms with E-state index < -0.39 is 0 Å². The molecule has 0 fully saturated rings. The third-order valence-corrected chi connectivity index (χ3v) is 4.31. The van der Waals surface area contributed by atoms with Crippen LogP contribution >= 0.6 is 11.3 Å². The highest BCUT2D eigenvalue weighted by molar-refractivity contribution is 7.11. The van der Waals surface area contributed by atoms with Crippen LogP contribution in [0.1, 0.15) is 15.6 Å². The zero-order valence-electron chi connectivity index (χ0n) is 12.9. The van der Waals surface area contributed by atoms with Crippen molar-refractivity contribution in [1.29, 1.82) is 0 Å². The fraction of sp³-hybridized carbons (Fsp3) is 0.222. The highest BCUT2D eigenvalue weighted by atomic mass is 32.1. The van der Waals surface area contributed by atoms with E-state index in [0.717, 1.165) is 23.1 Å². The zero-order chi connectivity index (χ0) is 15.4. The molecular formula is C18H19N3S. The van der Waals surface area contributed by atoms with E-state index in [1.165, 1.54) is 16.7 Å². The summed E-state index contributed by atoms with van der Waals surface area (Å²) >= 11 is 1.66. The van der Waals surface area contributed by atoms with Crippen molar-refractivity contribution in [2.24, 2.45) is 0 Å². The van der Waals surface area contributed by atoms with Gasteiger partial charge in [-0.25, -0.2) is 0 Å². The van der Waals surface area contributed by atoms with Gasteiger partial charge in [0.25, 0.3) is 0 Å². The third kappa shape index (κ3) is 3.78. The summed E-state index contributed by atoms with van der Waals surface area (Å²) in [6.45, 7) is 3.74. The van der Waals surface area contributed by atoms with Crippen LogP contribution < -0.4 is 0 Å². The topological polar surface area (TPSA) is 29.0 Å². The number of aryl methyl sites for hydroxylation is 1. The second-order valence-electron chi connectivity index (χ2n) is 5.45. The van der Waals surface area contributed by atoms with Gasteiger partial charge in [0.2, 0.25) is 0 Å². The maximum Gasteiger partial charge on any atom is 0.131 e. The maximum absolute atomic E-state index is 4.18. The van der Waals surface area contributed by atoms with Crippen molar-refractivity contribution in [3.8, 4) is 11.1 Å². The molecular weight excluding hydrogens is 290 g/mol. The molecule has 0 N–H and O–H groups in total. The second-order valence-corrected chi connectivity index (χ2v) is 6.72. The van der Waals surface area contributed by atoms with Crippen molar-refractivity contribution in [3.05, 3.63) is 70.2 Å². The lowest BCUT2D eigenvalue weighted by Gasteiger charge is -2.15. The summed E-state index contributed by atoms with van der Waals surface area (Å²) in [5.74, 6) is 0. The van der Waals surface area contributed by atoms with E-state index in [4.69, 9.17) is 0 Å². The van der Waals surface area contributed by atoms with Gasteiger partial charge in [-0.15, -0.1) is 21.5 Å². The van der Waals surface area contributed by atoms with Gasteiger partial charge in [-0.1, -0.05) is 54.6 Å². The third-order valence-electron chi connectivity index (χ3n) is 3.49. The molecule has 0 saturated carbocycles. The van der Waals surface area contributed by atoms with Gasteiger partial charge < -0.3 is 0 Å². The van der Waals surface area contributed by atoms with Gasteiger partial charge in [0.15, 0.2) is 0 Å². The normalized spacial score (nSPS) is 11.0. The van der Waals surface area contributed by atoms with Gasteiger partial charge in [0, 0.05) is 6.54 Å². The van der Waals surface area contributed by atoms with Crippen LogP contribution in [0.2, 0.25) is 0 Å². The molecule has 0 aliphatic carbocycles. The van der Waals surface area contributed by atoms with E-state index in [-0.39, 0.29) is 0 Å². The average molecular weight is 309 g/mol. The molecule has 1 aromatic heterocycles. The Hall–Kier alpha value is -2.04. The minimum Gasteiger partial charge on any atom is -0.295 e. The Labute approximate surface area is 135 Å². The predicted molar refractivity (Wildman–Crippen MR) is 91.7 cm³/mol.